The van der Waals surface area contributed by atoms with Crippen LogP contribution >= 0.6 is 27.0 Å². The largest absolute Gasteiger partial charge is 2.00 e. The summed E-state index contributed by atoms with van der Waals surface area (Å²) in [6.07, 6.45) is 6.48. The van der Waals surface area contributed by atoms with Gasteiger partial charge in [-0.2, -0.15) is 40.8 Å². The molecule has 2 fully saturated rings. The Balaban J connectivity index is -0.000000299. The molecule has 2 heterocycles. The Morgan fingerprint density at radius 3 is 1.60 bits per heavy atom. The first-order valence-electron chi connectivity index (χ1n) is 14.7. The molecule has 244 valence electrons. The summed E-state index contributed by atoms with van der Waals surface area (Å²) in [6.45, 7) is 18.3. The van der Waals surface area contributed by atoms with Gasteiger partial charge in [0.05, 0.1) is 11.6 Å². The number of aliphatic hydroxyl groups is 1. The van der Waals surface area contributed by atoms with Gasteiger partial charge in [-0.3, -0.25) is 14.6 Å². The van der Waals surface area contributed by atoms with E-state index in [-0.39, 0.29) is 93.8 Å². The van der Waals surface area contributed by atoms with Crippen molar-refractivity contribution in [2.45, 2.75) is 112 Å². The maximum absolute atomic E-state index is 11.4. The Kier molecular flexibility index (Phi) is 29.9. The van der Waals surface area contributed by atoms with Crippen LogP contribution in [0.15, 0.2) is 60.7 Å². The minimum atomic E-state index is -0.592. The second-order valence-electron chi connectivity index (χ2n) is 11.6. The molecule has 0 spiro atoms. The van der Waals surface area contributed by atoms with Gasteiger partial charge in [-0.25, -0.2) is 0 Å². The second kappa shape index (κ2) is 25.9. The number of hydrogen-bond donors (Lipinski definition) is 1. The number of likely N-dealkylation sites (tertiary alicyclic amines) is 2. The van der Waals surface area contributed by atoms with Crippen LogP contribution in [0.5, 0.6) is 0 Å². The van der Waals surface area contributed by atoms with Crippen molar-refractivity contribution in [2.75, 3.05) is 13.1 Å². The van der Waals surface area contributed by atoms with Crippen molar-refractivity contribution in [3.05, 3.63) is 78.2 Å². The number of hydrogen-bond acceptors (Lipinski definition) is 4. The Labute approximate surface area is 301 Å². The summed E-state index contributed by atoms with van der Waals surface area (Å²) in [5.41, 5.74) is 2.05. The van der Waals surface area contributed by atoms with E-state index in [9.17, 15) is 9.90 Å². The van der Waals surface area contributed by atoms with E-state index in [2.05, 4.69) is 80.0 Å². The Morgan fingerprint density at radius 2 is 1.21 bits per heavy atom. The molecule has 2 atom stereocenters. The van der Waals surface area contributed by atoms with Crippen LogP contribution in [0.4, 0.5) is 0 Å². The first-order chi connectivity index (χ1) is 18.1. The van der Waals surface area contributed by atoms with Crippen LogP contribution in [0.2, 0.25) is 0 Å². The van der Waals surface area contributed by atoms with Crippen LogP contribution in [-0.2, 0) is 17.9 Å². The van der Waals surface area contributed by atoms with Crippen molar-refractivity contribution in [1.29, 1.82) is 0 Å². The smallest absolute Gasteiger partial charge is 1.00 e. The molecule has 2 aliphatic heterocycles. The molecule has 0 amide bonds. The van der Waals surface area contributed by atoms with E-state index in [0.29, 0.717) is 5.78 Å². The van der Waals surface area contributed by atoms with Crippen LogP contribution in [0.25, 0.3) is 0 Å². The molecule has 2 aliphatic rings. The summed E-state index contributed by atoms with van der Waals surface area (Å²) in [5, 5.41) is 11.3. The molecule has 1 N–H and O–H groups in total. The van der Waals surface area contributed by atoms with Crippen LogP contribution in [0.3, 0.4) is 0 Å². The van der Waals surface area contributed by atoms with Gasteiger partial charge in [-0.1, -0.05) is 95.8 Å². The standard InChI is InChI=1S/C18H29NO.C13H17NO.C3H7.CH4.ClH.Mg.2H2S/c1-14(2)18(20,15(3)4)17-11-8-12-19(17)13-16-9-6-5-7-10-16;1-11(15)13-8-5-9-14(13)10-12-6-3-2-4-7-12;1-3-2;;;;;/h5-7,9-10,14-15,17,20H,8,11-13H2,1-4H3;2-4,6-7,13H,5,8-10H2,1H3;3H,1-2H3;1H4;1H;;2*1H2/q;;-1;;;+2;;/p-1/t17-;13-;;;;;;/m00....../s1. The van der Waals surface area contributed by atoms with E-state index < -0.39 is 5.60 Å². The molecule has 0 aromatic heterocycles. The van der Waals surface area contributed by atoms with Crippen molar-refractivity contribution in [2.24, 2.45) is 11.8 Å². The zero-order valence-corrected chi connectivity index (χ0v) is 31.3. The first kappa shape index (κ1) is 49.6. The number of benzene rings is 2. The zero-order valence-electron chi connectivity index (χ0n) is 27.2. The fourth-order valence-corrected chi connectivity index (χ4v) is 6.09. The molecule has 43 heavy (non-hydrogen) atoms. The second-order valence-corrected chi connectivity index (χ2v) is 11.6. The summed E-state index contributed by atoms with van der Waals surface area (Å²) in [7, 11) is 0. The molecule has 0 aliphatic carbocycles. The van der Waals surface area contributed by atoms with Crippen LogP contribution < -0.4 is 12.4 Å². The van der Waals surface area contributed by atoms with Gasteiger partial charge in [0, 0.05) is 19.1 Å². The van der Waals surface area contributed by atoms with Crippen molar-refractivity contribution in [3.63, 3.8) is 0 Å². The molecule has 0 radical (unpaired) electrons. The topological polar surface area (TPSA) is 43.8 Å². The summed E-state index contributed by atoms with van der Waals surface area (Å²) in [6, 6.07) is 21.4. The third-order valence-electron chi connectivity index (χ3n) is 8.04. The molecular weight excluding hydrogens is 604 g/mol. The normalized spacial score (nSPS) is 17.8. The SMILES string of the molecule is C.CC(=O)[C@@H]1CCCN1Cc1ccccc1.CC(C)C(O)(C(C)C)[C@@H]1CCCN1Cc1ccccc1.C[CH-]C.S.S.[Cl-].[Mg+2]. The van der Waals surface area contributed by atoms with Crippen LogP contribution in [0.1, 0.15) is 92.7 Å². The fraction of sp³-hybridized carbons (Fsp3) is 0.600. The van der Waals surface area contributed by atoms with Gasteiger partial charge in [0.15, 0.2) is 0 Å². The molecule has 0 bridgehead atoms. The van der Waals surface area contributed by atoms with E-state index in [4.69, 9.17) is 0 Å². The van der Waals surface area contributed by atoms with Gasteiger partial charge in [-0.05, 0) is 68.7 Å². The predicted molar refractivity (Wildman–Crippen MR) is 194 cm³/mol. The molecule has 4 rings (SSSR count). The summed E-state index contributed by atoms with van der Waals surface area (Å²) in [4.78, 5) is 16.2. The van der Waals surface area contributed by atoms with Crippen LogP contribution in [-0.4, -0.2) is 74.5 Å². The quantitative estimate of drug-likeness (QED) is 0.330. The Morgan fingerprint density at radius 1 is 0.837 bits per heavy atom. The molecule has 2 saturated heterocycles. The zero-order chi connectivity index (χ0) is 28.1. The fourth-order valence-electron chi connectivity index (χ4n) is 6.09. The van der Waals surface area contributed by atoms with Gasteiger partial charge in [-0.15, -0.1) is 0 Å². The van der Waals surface area contributed by atoms with Gasteiger partial charge in [0.1, 0.15) is 5.78 Å². The molecule has 0 saturated carbocycles. The monoisotopic (exact) mass is 664 g/mol. The molecule has 0 unspecified atom stereocenters. The number of carbonyl (C=O) groups excluding carboxylic acids is 1. The Hall–Kier alpha value is -0.254. The number of halogens is 1. The van der Waals surface area contributed by atoms with E-state index in [1.54, 1.807) is 6.92 Å². The van der Waals surface area contributed by atoms with E-state index in [0.717, 1.165) is 45.4 Å². The summed E-state index contributed by atoms with van der Waals surface area (Å²) in [5.74, 6) is 0.871. The van der Waals surface area contributed by atoms with Gasteiger partial charge in [0.2, 0.25) is 0 Å². The minimum Gasteiger partial charge on any atom is -1.00 e. The number of carbonyl (C=O) groups is 1. The number of Topliss-reactive ketones (excluding diaryl/α,β-unsaturated/α-hetero) is 1. The van der Waals surface area contributed by atoms with Crippen molar-refractivity contribution >= 4 is 55.8 Å². The van der Waals surface area contributed by atoms with Gasteiger partial charge in [0.25, 0.3) is 0 Å². The van der Waals surface area contributed by atoms with Gasteiger partial charge >= 0.3 is 23.1 Å². The van der Waals surface area contributed by atoms with Gasteiger partial charge < -0.3 is 23.9 Å². The third kappa shape index (κ3) is 15.3. The van der Waals surface area contributed by atoms with E-state index in [1.807, 2.05) is 38.5 Å². The molecule has 2 aromatic carbocycles. The summed E-state index contributed by atoms with van der Waals surface area (Å²) >= 11 is 0. The number of rotatable bonds is 8. The maximum atomic E-state index is 11.4. The molecule has 2 aromatic rings. The minimum absolute atomic E-state index is 0. The number of nitrogens with zero attached hydrogens (tertiary/aromatic N) is 2. The average Bonchev–Trinajstić information content (AvgIpc) is 3.55. The van der Waals surface area contributed by atoms with E-state index >= 15 is 0 Å². The van der Waals surface area contributed by atoms with Crippen molar-refractivity contribution < 1.29 is 22.3 Å². The molecular formula is C35H61ClMgN2O2S2. The summed E-state index contributed by atoms with van der Waals surface area (Å²) < 4.78 is 0. The number of ketones is 1. The Bertz CT molecular complexity index is 930. The maximum Gasteiger partial charge on any atom is 2.00 e. The van der Waals surface area contributed by atoms with Crippen molar-refractivity contribution in [3.8, 4) is 0 Å². The predicted octanol–water partition coefficient (Wildman–Crippen LogP) is 4.65. The first-order valence-corrected chi connectivity index (χ1v) is 14.7. The van der Waals surface area contributed by atoms with E-state index in [1.165, 1.54) is 17.5 Å². The van der Waals surface area contributed by atoms with Crippen LogP contribution in [0, 0.1) is 18.3 Å². The molecule has 8 heteroatoms. The van der Waals surface area contributed by atoms with Crippen molar-refractivity contribution in [1.82, 2.24) is 9.80 Å². The average molecular weight is 666 g/mol. The third-order valence-corrected chi connectivity index (χ3v) is 8.04. The molecule has 4 nitrogen and oxygen atoms in total.